The van der Waals surface area contributed by atoms with Crippen LogP contribution >= 0.6 is 8.25 Å². The van der Waals surface area contributed by atoms with Gasteiger partial charge in [0, 0.05) is 40.6 Å². The Labute approximate surface area is 524 Å². The quantitative estimate of drug-likeness (QED) is 0.0245. The highest BCUT2D eigenvalue weighted by molar-refractivity contribution is 7.33. The SMILES string of the molecule is Cc1cc(OC(COC(=O)C(C)(C)C)(COC(=O)C(C)(C)C)O[P+](=O)OC(COC(=O)C(C)(C)C)(COC(=O)C(C)(C)C)Oc2cc(C)c(Cc3ccc(O)c(C4CCCCCC4)n3)c(C)c2C)c(C)c(C)c1Cc1ccc(O)c(C2CCCCCC2)n1. The van der Waals surface area contributed by atoms with Crippen LogP contribution < -0.4 is 9.47 Å². The average molecular weight is 1240 g/mol. The summed E-state index contributed by atoms with van der Waals surface area (Å²) in [7, 11) is -3.66. The molecule has 0 unspecified atom stereocenters. The van der Waals surface area contributed by atoms with E-state index in [0.29, 0.717) is 35.4 Å². The number of pyridine rings is 2. The van der Waals surface area contributed by atoms with E-state index in [1.54, 1.807) is 107 Å². The molecule has 2 aromatic heterocycles. The first-order chi connectivity index (χ1) is 40.9. The third-order valence-corrected chi connectivity index (χ3v) is 17.7. The van der Waals surface area contributed by atoms with Crippen LogP contribution in [0.1, 0.15) is 239 Å². The lowest BCUT2D eigenvalue weighted by Crippen LogP contribution is -2.51. The number of ether oxygens (including phenoxy) is 6. The zero-order valence-electron chi connectivity index (χ0n) is 55.9. The van der Waals surface area contributed by atoms with E-state index in [0.717, 1.165) is 122 Å². The Hall–Kier alpha value is -6.16. The molecule has 17 nitrogen and oxygen atoms in total. The van der Waals surface area contributed by atoms with Gasteiger partial charge in [0.15, 0.2) is 26.4 Å². The Morgan fingerprint density at radius 3 is 1.01 bits per heavy atom. The van der Waals surface area contributed by atoms with Crippen molar-refractivity contribution in [2.45, 2.75) is 238 Å². The highest BCUT2D eigenvalue weighted by Gasteiger charge is 2.55. The molecule has 4 aromatic rings. The van der Waals surface area contributed by atoms with E-state index in [1.807, 2.05) is 53.7 Å². The van der Waals surface area contributed by atoms with Crippen LogP contribution in [0.2, 0.25) is 0 Å². The van der Waals surface area contributed by atoms with Gasteiger partial charge in [0.1, 0.15) is 23.0 Å². The summed E-state index contributed by atoms with van der Waals surface area (Å²) in [5.41, 5.74) is 5.02. The van der Waals surface area contributed by atoms with Crippen LogP contribution in [0, 0.1) is 63.2 Å². The molecular weight excluding hydrogens is 1140 g/mol. The number of hydrogen-bond donors (Lipinski definition) is 2. The van der Waals surface area contributed by atoms with Crippen LogP contribution in [0.15, 0.2) is 36.4 Å². The summed E-state index contributed by atoms with van der Waals surface area (Å²) in [5.74, 6) is -6.56. The Morgan fingerprint density at radius 1 is 0.455 bits per heavy atom. The van der Waals surface area contributed by atoms with Gasteiger partial charge in [0.25, 0.3) is 0 Å². The lowest BCUT2D eigenvalue weighted by atomic mass is 9.92. The van der Waals surface area contributed by atoms with Gasteiger partial charge in [-0.1, -0.05) is 60.4 Å². The second kappa shape index (κ2) is 29.2. The number of carbonyl (C=O) groups excluding carboxylic acids is 4. The molecule has 2 aromatic carbocycles. The number of aryl methyl sites for hydroxylation is 2. The molecule has 0 spiro atoms. The van der Waals surface area contributed by atoms with E-state index >= 15 is 4.57 Å². The smallest absolute Gasteiger partial charge is 0.506 e. The van der Waals surface area contributed by atoms with Gasteiger partial charge < -0.3 is 38.6 Å². The molecular formula is C70H100N2O15P+. The zero-order valence-corrected chi connectivity index (χ0v) is 56.8. The van der Waals surface area contributed by atoms with Crippen molar-refractivity contribution >= 4 is 32.1 Å². The third kappa shape index (κ3) is 18.9. The molecule has 2 aliphatic carbocycles. The van der Waals surface area contributed by atoms with E-state index in [9.17, 15) is 29.4 Å². The van der Waals surface area contributed by atoms with Gasteiger partial charge in [0.05, 0.1) is 33.0 Å². The third-order valence-electron chi connectivity index (χ3n) is 16.8. The predicted octanol–water partition coefficient (Wildman–Crippen LogP) is 15.7. The van der Waals surface area contributed by atoms with Gasteiger partial charge in [-0.15, -0.1) is 0 Å². The lowest BCUT2D eigenvalue weighted by Gasteiger charge is -2.33. The Kier molecular flexibility index (Phi) is 23.5. The summed E-state index contributed by atoms with van der Waals surface area (Å²) in [4.78, 5) is 65.3. The maximum atomic E-state index is 15.5. The average Bonchev–Trinajstić information content (AvgIpc) is 0.935. The number of rotatable bonds is 22. The van der Waals surface area contributed by atoms with Crippen LogP contribution in [0.5, 0.6) is 23.0 Å². The number of benzene rings is 2. The molecule has 18 heteroatoms. The fourth-order valence-electron chi connectivity index (χ4n) is 10.8. The van der Waals surface area contributed by atoms with Gasteiger partial charge in [-0.05, 0) is 231 Å². The van der Waals surface area contributed by atoms with Gasteiger partial charge in [-0.2, -0.15) is 0 Å². The van der Waals surface area contributed by atoms with Gasteiger partial charge in [-0.3, -0.25) is 29.1 Å². The van der Waals surface area contributed by atoms with Crippen molar-refractivity contribution in [1.82, 2.24) is 9.97 Å². The molecule has 484 valence electrons. The number of aromatic nitrogens is 2. The second-order valence-electron chi connectivity index (χ2n) is 28.7. The maximum Gasteiger partial charge on any atom is 0.706 e. The van der Waals surface area contributed by atoms with Crippen LogP contribution in [0.4, 0.5) is 0 Å². The first-order valence-electron chi connectivity index (χ1n) is 31.4. The minimum Gasteiger partial charge on any atom is -0.506 e. The Morgan fingerprint density at radius 2 is 0.739 bits per heavy atom. The number of carbonyl (C=O) groups is 4. The van der Waals surface area contributed by atoms with E-state index in [-0.39, 0.29) is 34.8 Å². The van der Waals surface area contributed by atoms with Crippen molar-refractivity contribution in [3.05, 3.63) is 104 Å². The summed E-state index contributed by atoms with van der Waals surface area (Å²) in [5, 5.41) is 22.1. The van der Waals surface area contributed by atoms with Crippen LogP contribution in [0.25, 0.3) is 0 Å². The Balaban J connectivity index is 1.46. The second-order valence-corrected chi connectivity index (χ2v) is 29.5. The van der Waals surface area contributed by atoms with Crippen molar-refractivity contribution in [2.75, 3.05) is 26.4 Å². The number of hydrogen-bond acceptors (Lipinski definition) is 17. The molecule has 0 atom stereocenters. The minimum atomic E-state index is -3.66. The van der Waals surface area contributed by atoms with Gasteiger partial charge in [0.2, 0.25) is 0 Å². The van der Waals surface area contributed by atoms with Crippen molar-refractivity contribution in [2.24, 2.45) is 21.7 Å². The van der Waals surface area contributed by atoms with Gasteiger partial charge >= 0.3 is 43.7 Å². The molecule has 2 fully saturated rings. The molecule has 2 N–H and O–H groups in total. The largest absolute Gasteiger partial charge is 0.706 e. The highest BCUT2D eigenvalue weighted by Crippen LogP contribution is 2.44. The molecule has 0 saturated heterocycles. The predicted molar refractivity (Wildman–Crippen MR) is 338 cm³/mol. The van der Waals surface area contributed by atoms with E-state index in [4.69, 9.17) is 47.4 Å². The fraction of sp³-hybridized carbons (Fsp3) is 0.629. The number of nitrogens with zero attached hydrogens (tertiary/aromatic N) is 2. The molecule has 0 amide bonds. The molecule has 88 heavy (non-hydrogen) atoms. The molecule has 2 heterocycles. The Bertz CT molecular complexity index is 2880. The summed E-state index contributed by atoms with van der Waals surface area (Å²) in [6.07, 6.45) is 13.7. The topological polar surface area (TPSA) is 225 Å². The monoisotopic (exact) mass is 1240 g/mol. The lowest BCUT2D eigenvalue weighted by molar-refractivity contribution is -0.224. The van der Waals surface area contributed by atoms with Gasteiger partial charge in [-0.25, -0.2) is 0 Å². The molecule has 2 saturated carbocycles. The van der Waals surface area contributed by atoms with Crippen molar-refractivity contribution in [3.63, 3.8) is 0 Å². The molecule has 0 bridgehead atoms. The van der Waals surface area contributed by atoms with Crippen molar-refractivity contribution < 1.29 is 71.4 Å². The summed E-state index contributed by atoms with van der Waals surface area (Å²) < 4.78 is 66.1. The summed E-state index contributed by atoms with van der Waals surface area (Å²) >= 11 is 0. The summed E-state index contributed by atoms with van der Waals surface area (Å²) in [6, 6.07) is 10.6. The van der Waals surface area contributed by atoms with Crippen LogP contribution in [0.3, 0.4) is 0 Å². The van der Waals surface area contributed by atoms with E-state index in [1.165, 1.54) is 0 Å². The summed E-state index contributed by atoms with van der Waals surface area (Å²) in [6.45, 7) is 28.0. The molecule has 6 rings (SSSR count). The molecule has 0 radical (unpaired) electrons. The van der Waals surface area contributed by atoms with Crippen molar-refractivity contribution in [3.8, 4) is 23.0 Å². The number of aromatic hydroxyl groups is 2. The van der Waals surface area contributed by atoms with E-state index in [2.05, 4.69) is 0 Å². The fourth-order valence-corrected chi connectivity index (χ4v) is 11.7. The highest BCUT2D eigenvalue weighted by atomic mass is 31.1. The van der Waals surface area contributed by atoms with Crippen LogP contribution in [-0.4, -0.2) is 82.1 Å². The normalized spacial score (nSPS) is 15.2. The molecule has 0 aliphatic heterocycles. The minimum absolute atomic E-state index is 0.161. The maximum absolute atomic E-state index is 15.5. The number of esters is 4. The zero-order chi connectivity index (χ0) is 65.3. The van der Waals surface area contributed by atoms with Crippen LogP contribution in [-0.2, 0) is 64.6 Å². The van der Waals surface area contributed by atoms with Crippen molar-refractivity contribution in [1.29, 1.82) is 0 Å². The van der Waals surface area contributed by atoms with E-state index < -0.39 is 91.8 Å². The molecule has 2 aliphatic rings. The standard InChI is InChI=1S/C70H99N2O15P/c1-43-35-57(47(5)45(3)53(43)37-51-31-33-55(73)59(71-51)49-27-23-19-20-24-28-49)84-69(39-80-61(75)65(7,8)9,40-81-62(76)66(10,11)12)86-88(79)87-70(41-82-63(77)67(13,14)15,42-83-64(78)68(16,17)18)85-58-36-44(2)54(46(4)48(58)6)38-52-32-34-56(74)60(72-52)50-29-25-21-22-26-30-50/h31-36,49-50H,19-30,37-42H2,1-18H3,(H-,73,74)/p+1. The first-order valence-corrected chi connectivity index (χ1v) is 32.5. The first kappa shape index (κ1) is 70.9.